The van der Waals surface area contributed by atoms with Gasteiger partial charge >= 0.3 is 0 Å². The predicted octanol–water partition coefficient (Wildman–Crippen LogP) is 3.03. The minimum atomic E-state index is 0.0340. The van der Waals surface area contributed by atoms with Gasteiger partial charge in [0.05, 0.1) is 4.70 Å². The van der Waals surface area contributed by atoms with Gasteiger partial charge in [0.25, 0.3) is 0 Å². The lowest BCUT2D eigenvalue weighted by Gasteiger charge is -2.49. The molecule has 118 valence electrons. The minimum Gasteiger partial charge on any atom is -0.300 e. The molecule has 4 aliphatic heterocycles. The van der Waals surface area contributed by atoms with Gasteiger partial charge < -0.3 is 4.90 Å². The Bertz CT molecular complexity index is 817. The molecular formula is C18H19N3OS. The van der Waals surface area contributed by atoms with Crippen LogP contribution in [0, 0.1) is 11.8 Å². The van der Waals surface area contributed by atoms with Crippen molar-refractivity contribution < 1.29 is 4.79 Å². The Morgan fingerprint density at radius 3 is 2.96 bits per heavy atom. The van der Waals surface area contributed by atoms with Gasteiger partial charge in [-0.1, -0.05) is 0 Å². The Morgan fingerprint density at radius 1 is 1.35 bits per heavy atom. The van der Waals surface area contributed by atoms with Gasteiger partial charge in [0.1, 0.15) is 17.4 Å². The SMILES string of the molecule is C[C@H]1[C@H](C2N=C2C(=O)c2cc3ccsc3cn2)C2CCN1CC2. The Labute approximate surface area is 139 Å². The van der Waals surface area contributed by atoms with Crippen LogP contribution in [0.2, 0.25) is 0 Å². The van der Waals surface area contributed by atoms with Crippen LogP contribution in [-0.4, -0.2) is 46.6 Å². The maximum Gasteiger partial charge on any atom is 0.227 e. The van der Waals surface area contributed by atoms with Crippen LogP contribution in [0.3, 0.4) is 0 Å². The molecule has 1 unspecified atom stereocenters. The summed E-state index contributed by atoms with van der Waals surface area (Å²) in [5.41, 5.74) is 1.31. The highest BCUT2D eigenvalue weighted by Gasteiger charge is 2.51. The summed E-state index contributed by atoms with van der Waals surface area (Å²) < 4.78 is 1.13. The standard InChI is InChI=1S/C18H19N3OS/c1-10-15(11-2-5-21(10)6-3-11)16-17(20-16)18(22)13-8-12-4-7-23-14(12)9-19-13/h4,7-11,15-16H,2-3,5-6H2,1H3/t10-,15-,16?/m0/s1. The second-order valence-corrected chi connectivity index (χ2v) is 7.96. The van der Waals surface area contributed by atoms with Gasteiger partial charge in [-0.15, -0.1) is 11.3 Å². The highest BCUT2D eigenvalue weighted by Crippen LogP contribution is 2.43. The number of Topliss-reactive ketones (excluding diaryl/α,β-unsaturated/α-hetero) is 1. The second kappa shape index (κ2) is 4.95. The van der Waals surface area contributed by atoms with E-state index in [1.54, 1.807) is 11.3 Å². The van der Waals surface area contributed by atoms with Crippen LogP contribution in [-0.2, 0) is 0 Å². The van der Waals surface area contributed by atoms with Crippen molar-refractivity contribution in [2.24, 2.45) is 16.8 Å². The molecule has 6 heterocycles. The lowest BCUT2D eigenvalue weighted by atomic mass is 9.71. The summed E-state index contributed by atoms with van der Waals surface area (Å²) in [6.45, 7) is 4.74. The number of carbonyl (C=O) groups is 1. The van der Waals surface area contributed by atoms with Crippen LogP contribution < -0.4 is 0 Å². The summed E-state index contributed by atoms with van der Waals surface area (Å²) in [6, 6.07) is 4.64. The van der Waals surface area contributed by atoms with E-state index in [1.165, 1.54) is 25.9 Å². The number of carbonyl (C=O) groups excluding carboxylic acids is 1. The molecule has 0 saturated carbocycles. The van der Waals surface area contributed by atoms with E-state index in [0.29, 0.717) is 17.7 Å². The molecule has 23 heavy (non-hydrogen) atoms. The average Bonchev–Trinajstić information content (AvgIpc) is 3.22. The maximum absolute atomic E-state index is 12.7. The van der Waals surface area contributed by atoms with Crippen LogP contribution in [0.1, 0.15) is 30.3 Å². The Kier molecular flexibility index (Phi) is 2.97. The summed E-state index contributed by atoms with van der Waals surface area (Å²) >= 11 is 1.65. The monoisotopic (exact) mass is 325 g/mol. The average molecular weight is 325 g/mol. The van der Waals surface area contributed by atoms with Gasteiger partial charge in [-0.2, -0.15) is 0 Å². The quantitative estimate of drug-likeness (QED) is 0.815. The van der Waals surface area contributed by atoms with Crippen molar-refractivity contribution in [1.29, 1.82) is 0 Å². The molecule has 2 bridgehead atoms. The lowest BCUT2D eigenvalue weighted by Crippen LogP contribution is -2.55. The smallest absolute Gasteiger partial charge is 0.227 e. The molecule has 4 aliphatic rings. The van der Waals surface area contributed by atoms with E-state index in [2.05, 4.69) is 21.8 Å². The maximum atomic E-state index is 12.7. The highest BCUT2D eigenvalue weighted by atomic mass is 32.1. The fourth-order valence-corrected chi connectivity index (χ4v) is 5.31. The number of fused-ring (bicyclic) bond motifs is 4. The third-order valence-corrected chi connectivity index (χ3v) is 6.78. The Morgan fingerprint density at radius 2 is 2.17 bits per heavy atom. The normalized spacial score (nSPS) is 35.3. The molecule has 0 aromatic carbocycles. The van der Waals surface area contributed by atoms with Crippen LogP contribution in [0.5, 0.6) is 0 Å². The second-order valence-electron chi connectivity index (χ2n) is 7.01. The lowest BCUT2D eigenvalue weighted by molar-refractivity contribution is 0.000612. The predicted molar refractivity (Wildman–Crippen MR) is 92.4 cm³/mol. The first-order valence-electron chi connectivity index (χ1n) is 8.42. The number of aromatic nitrogens is 1. The third-order valence-electron chi connectivity index (χ3n) is 5.91. The summed E-state index contributed by atoms with van der Waals surface area (Å²) in [5, 5.41) is 3.13. The molecule has 0 aliphatic carbocycles. The molecule has 4 nitrogen and oxygen atoms in total. The van der Waals surface area contributed by atoms with Crippen LogP contribution in [0.25, 0.3) is 10.1 Å². The number of rotatable bonds is 3. The molecule has 3 fully saturated rings. The number of piperidine rings is 3. The fraction of sp³-hybridized carbons (Fsp3) is 0.500. The van der Waals surface area contributed by atoms with Gasteiger partial charge in [0, 0.05) is 18.2 Å². The van der Waals surface area contributed by atoms with Crippen molar-refractivity contribution in [3.05, 3.63) is 29.4 Å². The third kappa shape index (κ3) is 2.10. The van der Waals surface area contributed by atoms with Crippen molar-refractivity contribution in [1.82, 2.24) is 9.88 Å². The number of thiophene rings is 1. The number of nitrogens with zero attached hydrogens (tertiary/aromatic N) is 3. The number of pyridine rings is 1. The first-order valence-corrected chi connectivity index (χ1v) is 9.30. The van der Waals surface area contributed by atoms with Crippen LogP contribution in [0.15, 0.2) is 28.7 Å². The molecule has 0 spiro atoms. The first kappa shape index (κ1) is 13.8. The molecule has 6 rings (SSSR count). The topological polar surface area (TPSA) is 45.6 Å². The molecule has 0 radical (unpaired) electrons. The van der Waals surface area contributed by atoms with Crippen LogP contribution >= 0.6 is 11.3 Å². The van der Waals surface area contributed by atoms with Crippen molar-refractivity contribution in [2.45, 2.75) is 31.8 Å². The summed E-state index contributed by atoms with van der Waals surface area (Å²) in [5.74, 6) is 1.30. The molecule has 2 aromatic rings. The van der Waals surface area contributed by atoms with E-state index >= 15 is 0 Å². The molecule has 3 saturated heterocycles. The van der Waals surface area contributed by atoms with Gasteiger partial charge in [-0.3, -0.25) is 14.8 Å². The van der Waals surface area contributed by atoms with E-state index in [-0.39, 0.29) is 11.8 Å². The molecule has 2 aromatic heterocycles. The highest BCUT2D eigenvalue weighted by molar-refractivity contribution is 7.17. The van der Waals surface area contributed by atoms with E-state index in [4.69, 9.17) is 0 Å². The van der Waals surface area contributed by atoms with Gasteiger partial charge in [0.15, 0.2) is 0 Å². The molecule has 0 amide bonds. The van der Waals surface area contributed by atoms with E-state index < -0.39 is 0 Å². The minimum absolute atomic E-state index is 0.0340. The summed E-state index contributed by atoms with van der Waals surface area (Å²) in [6.07, 6.45) is 4.34. The number of hydrogen-bond donors (Lipinski definition) is 0. The van der Waals surface area contributed by atoms with Crippen molar-refractivity contribution in [3.8, 4) is 0 Å². The number of ketones is 1. The van der Waals surface area contributed by atoms with Gasteiger partial charge in [-0.05, 0) is 61.7 Å². The van der Waals surface area contributed by atoms with Gasteiger partial charge in [-0.25, -0.2) is 0 Å². The van der Waals surface area contributed by atoms with Crippen LogP contribution in [0.4, 0.5) is 0 Å². The fourth-order valence-electron chi connectivity index (χ4n) is 4.57. The van der Waals surface area contributed by atoms with Crippen molar-refractivity contribution >= 4 is 32.9 Å². The Hall–Kier alpha value is -1.59. The summed E-state index contributed by atoms with van der Waals surface area (Å²) in [4.78, 5) is 24.3. The van der Waals surface area contributed by atoms with Gasteiger partial charge in [0.2, 0.25) is 5.78 Å². The first-order chi connectivity index (χ1) is 11.2. The Balaban J connectivity index is 1.37. The van der Waals surface area contributed by atoms with E-state index in [9.17, 15) is 4.79 Å². The summed E-state index contributed by atoms with van der Waals surface area (Å²) in [7, 11) is 0. The zero-order valence-corrected chi connectivity index (χ0v) is 13.9. The van der Waals surface area contributed by atoms with Crippen molar-refractivity contribution in [3.63, 3.8) is 0 Å². The number of aliphatic imine (C=N–C) groups is 1. The zero-order valence-electron chi connectivity index (χ0n) is 13.1. The molecule has 3 atom stereocenters. The van der Waals surface area contributed by atoms with E-state index in [1.807, 2.05) is 23.7 Å². The van der Waals surface area contributed by atoms with E-state index in [0.717, 1.165) is 21.7 Å². The molecular weight excluding hydrogens is 306 g/mol. The largest absolute Gasteiger partial charge is 0.300 e. The molecule has 5 heteroatoms. The van der Waals surface area contributed by atoms with Crippen molar-refractivity contribution in [2.75, 3.05) is 13.1 Å². The molecule has 0 N–H and O–H groups in total. The number of hydrogen-bond acceptors (Lipinski definition) is 5. The zero-order chi connectivity index (χ0) is 15.6.